The fourth-order valence-corrected chi connectivity index (χ4v) is 2.96. The highest BCUT2D eigenvalue weighted by Gasteiger charge is 2.13. The molecule has 0 saturated heterocycles. The van der Waals surface area contributed by atoms with Gasteiger partial charge in [0.25, 0.3) is 0 Å². The second-order valence-electron chi connectivity index (χ2n) is 4.75. The molecule has 110 valence electrons. The van der Waals surface area contributed by atoms with Gasteiger partial charge in [-0.3, -0.25) is 4.79 Å². The van der Waals surface area contributed by atoms with Gasteiger partial charge in [0.05, 0.1) is 4.90 Å². The monoisotopic (exact) mass is 304 g/mol. The molecule has 2 aromatic carbocycles. The molecule has 0 unspecified atom stereocenters. The molecular weight excluding hydrogens is 287 g/mol. The highest BCUT2D eigenvalue weighted by atomic mass is 32.2. The molecule has 0 saturated carbocycles. The van der Waals surface area contributed by atoms with Crippen LogP contribution >= 0.6 is 11.8 Å². The summed E-state index contributed by atoms with van der Waals surface area (Å²) >= 11 is 1.33. The van der Waals surface area contributed by atoms with Gasteiger partial charge < -0.3 is 11.1 Å². The molecule has 0 spiro atoms. The maximum atomic E-state index is 14.0. The molecule has 1 atom stereocenters. The molecule has 0 fully saturated rings. The van der Waals surface area contributed by atoms with Crippen molar-refractivity contribution >= 4 is 23.4 Å². The maximum Gasteiger partial charge on any atom is 0.221 e. The molecule has 0 heterocycles. The van der Waals surface area contributed by atoms with Crippen molar-refractivity contribution in [3.05, 3.63) is 53.8 Å². The van der Waals surface area contributed by atoms with E-state index < -0.39 is 0 Å². The zero-order valence-electron chi connectivity index (χ0n) is 11.9. The van der Waals surface area contributed by atoms with E-state index >= 15 is 0 Å². The molecule has 3 N–H and O–H groups in total. The molecule has 0 aromatic heterocycles. The highest BCUT2D eigenvalue weighted by molar-refractivity contribution is 7.99. The van der Waals surface area contributed by atoms with E-state index in [0.29, 0.717) is 10.6 Å². The summed E-state index contributed by atoms with van der Waals surface area (Å²) in [6.45, 7) is 3.29. The van der Waals surface area contributed by atoms with Gasteiger partial charge in [-0.15, -0.1) is 0 Å². The van der Waals surface area contributed by atoms with Crippen molar-refractivity contribution in [2.45, 2.75) is 29.7 Å². The number of halogens is 1. The SMILES string of the molecule is CC(=O)Nc1ccc(Sc2c(F)cccc2[C@@H](C)N)cc1. The molecule has 0 aliphatic carbocycles. The minimum absolute atomic E-state index is 0.122. The van der Waals surface area contributed by atoms with E-state index in [1.807, 2.05) is 25.1 Å². The van der Waals surface area contributed by atoms with Gasteiger partial charge >= 0.3 is 0 Å². The molecule has 5 heteroatoms. The lowest BCUT2D eigenvalue weighted by molar-refractivity contribution is -0.114. The largest absolute Gasteiger partial charge is 0.326 e. The van der Waals surface area contributed by atoms with Gasteiger partial charge in [0.15, 0.2) is 0 Å². The molecule has 0 radical (unpaired) electrons. The summed E-state index contributed by atoms with van der Waals surface area (Å²) in [5.41, 5.74) is 7.39. The zero-order valence-corrected chi connectivity index (χ0v) is 12.7. The Morgan fingerprint density at radius 1 is 1.24 bits per heavy atom. The molecule has 2 aromatic rings. The minimum atomic E-state index is -0.277. The first-order valence-corrected chi connectivity index (χ1v) is 7.38. The van der Waals surface area contributed by atoms with Gasteiger partial charge in [-0.05, 0) is 42.8 Å². The Morgan fingerprint density at radius 3 is 2.48 bits per heavy atom. The Hall–Kier alpha value is -1.85. The lowest BCUT2D eigenvalue weighted by Crippen LogP contribution is -2.07. The van der Waals surface area contributed by atoms with Crippen LogP contribution in [-0.4, -0.2) is 5.91 Å². The van der Waals surface area contributed by atoms with E-state index in [9.17, 15) is 9.18 Å². The average molecular weight is 304 g/mol. The molecule has 0 aliphatic rings. The fraction of sp³-hybridized carbons (Fsp3) is 0.188. The van der Waals surface area contributed by atoms with E-state index in [0.717, 1.165) is 10.5 Å². The van der Waals surface area contributed by atoms with Crippen LogP contribution in [0.3, 0.4) is 0 Å². The number of benzene rings is 2. The minimum Gasteiger partial charge on any atom is -0.326 e. The van der Waals surface area contributed by atoms with Crippen LogP contribution in [0, 0.1) is 5.82 Å². The van der Waals surface area contributed by atoms with Gasteiger partial charge in [-0.25, -0.2) is 4.39 Å². The summed E-state index contributed by atoms with van der Waals surface area (Å²) in [7, 11) is 0. The predicted molar refractivity (Wildman–Crippen MR) is 83.9 cm³/mol. The van der Waals surface area contributed by atoms with Crippen LogP contribution < -0.4 is 11.1 Å². The van der Waals surface area contributed by atoms with Crippen LogP contribution in [0.25, 0.3) is 0 Å². The highest BCUT2D eigenvalue weighted by Crippen LogP contribution is 2.35. The molecule has 21 heavy (non-hydrogen) atoms. The topological polar surface area (TPSA) is 55.1 Å². The second kappa shape index (κ2) is 6.74. The maximum absolute atomic E-state index is 14.0. The van der Waals surface area contributed by atoms with E-state index in [4.69, 9.17) is 5.73 Å². The van der Waals surface area contributed by atoms with Crippen molar-refractivity contribution in [3.63, 3.8) is 0 Å². The lowest BCUT2D eigenvalue weighted by Gasteiger charge is -2.13. The van der Waals surface area contributed by atoms with E-state index in [-0.39, 0.29) is 17.8 Å². The summed E-state index contributed by atoms with van der Waals surface area (Å²) in [5, 5.41) is 2.69. The van der Waals surface area contributed by atoms with Crippen molar-refractivity contribution < 1.29 is 9.18 Å². The van der Waals surface area contributed by atoms with Gasteiger partial charge in [-0.1, -0.05) is 23.9 Å². The van der Waals surface area contributed by atoms with Crippen molar-refractivity contribution in [2.24, 2.45) is 5.73 Å². The molecule has 3 nitrogen and oxygen atoms in total. The number of rotatable bonds is 4. The van der Waals surface area contributed by atoms with Gasteiger partial charge in [0, 0.05) is 23.5 Å². The predicted octanol–water partition coefficient (Wildman–Crippen LogP) is 3.96. The number of nitrogens with two attached hydrogens (primary N) is 1. The first-order valence-electron chi connectivity index (χ1n) is 6.57. The average Bonchev–Trinajstić information content (AvgIpc) is 2.42. The molecule has 0 aliphatic heterocycles. The number of anilines is 1. The molecule has 0 bridgehead atoms. The Bertz CT molecular complexity index is 641. The summed E-state index contributed by atoms with van der Waals surface area (Å²) in [6.07, 6.45) is 0. The van der Waals surface area contributed by atoms with Crippen molar-refractivity contribution in [1.29, 1.82) is 0 Å². The van der Waals surface area contributed by atoms with Crippen LogP contribution in [0.2, 0.25) is 0 Å². The summed E-state index contributed by atoms with van der Waals surface area (Å²) in [5.74, 6) is -0.399. The van der Waals surface area contributed by atoms with Gasteiger partial charge in [0.2, 0.25) is 5.91 Å². The lowest BCUT2D eigenvalue weighted by atomic mass is 10.1. The van der Waals surface area contributed by atoms with Crippen LogP contribution in [0.15, 0.2) is 52.3 Å². The Labute approximate surface area is 127 Å². The van der Waals surface area contributed by atoms with E-state index in [1.165, 1.54) is 24.8 Å². The third kappa shape index (κ3) is 4.06. The Morgan fingerprint density at radius 2 is 1.90 bits per heavy atom. The Kier molecular flexibility index (Phi) is 4.98. The van der Waals surface area contributed by atoms with Crippen LogP contribution in [0.5, 0.6) is 0 Å². The zero-order chi connectivity index (χ0) is 15.4. The number of hydrogen-bond donors (Lipinski definition) is 2. The van der Waals surface area contributed by atoms with Crippen LogP contribution in [0.1, 0.15) is 25.5 Å². The Balaban J connectivity index is 2.24. The quantitative estimate of drug-likeness (QED) is 0.899. The third-order valence-corrected chi connectivity index (χ3v) is 4.03. The number of nitrogens with one attached hydrogen (secondary N) is 1. The summed E-state index contributed by atoms with van der Waals surface area (Å²) < 4.78 is 14.0. The number of carbonyl (C=O) groups excluding carboxylic acids is 1. The standard InChI is InChI=1S/C16H17FN2OS/c1-10(18)14-4-3-5-15(17)16(14)21-13-8-6-12(7-9-13)19-11(2)20/h3-10H,18H2,1-2H3,(H,19,20)/t10-/m1/s1. The van der Waals surface area contributed by atoms with Crippen LogP contribution in [-0.2, 0) is 4.79 Å². The second-order valence-corrected chi connectivity index (χ2v) is 5.84. The van der Waals surface area contributed by atoms with Crippen molar-refractivity contribution in [3.8, 4) is 0 Å². The smallest absolute Gasteiger partial charge is 0.221 e. The third-order valence-electron chi connectivity index (χ3n) is 2.88. The van der Waals surface area contributed by atoms with Gasteiger partial charge in [-0.2, -0.15) is 0 Å². The normalized spacial score (nSPS) is 12.0. The first kappa shape index (κ1) is 15.5. The van der Waals surface area contributed by atoms with E-state index in [1.54, 1.807) is 18.2 Å². The molecule has 2 rings (SSSR count). The molecule has 1 amide bonds. The molecular formula is C16H17FN2OS. The van der Waals surface area contributed by atoms with E-state index in [2.05, 4.69) is 5.32 Å². The van der Waals surface area contributed by atoms with Crippen LogP contribution in [0.4, 0.5) is 10.1 Å². The first-order chi connectivity index (χ1) is 9.97. The summed E-state index contributed by atoms with van der Waals surface area (Å²) in [4.78, 5) is 12.4. The van der Waals surface area contributed by atoms with Crippen molar-refractivity contribution in [2.75, 3.05) is 5.32 Å². The fourth-order valence-electron chi connectivity index (χ4n) is 1.92. The van der Waals surface area contributed by atoms with Gasteiger partial charge in [0.1, 0.15) is 5.82 Å². The number of carbonyl (C=O) groups is 1. The van der Waals surface area contributed by atoms with Crippen molar-refractivity contribution in [1.82, 2.24) is 0 Å². The number of amides is 1. The number of hydrogen-bond acceptors (Lipinski definition) is 3. The summed E-state index contributed by atoms with van der Waals surface area (Å²) in [6, 6.07) is 12.0.